The molecule has 0 spiro atoms. The van der Waals surface area contributed by atoms with Gasteiger partial charge in [-0.3, -0.25) is 0 Å². The molecule has 0 unspecified atom stereocenters. The van der Waals surface area contributed by atoms with Gasteiger partial charge in [0, 0.05) is 11.1 Å². The largest absolute Gasteiger partial charge is 0.234 e. The van der Waals surface area contributed by atoms with E-state index in [1.165, 1.54) is 9.40 Å². The highest BCUT2D eigenvalue weighted by Gasteiger charge is 2.13. The van der Waals surface area contributed by atoms with Gasteiger partial charge in [0.15, 0.2) is 0 Å². The molecule has 0 radical (unpaired) electrons. The minimum absolute atomic E-state index is 1.01. The van der Waals surface area contributed by atoms with Crippen molar-refractivity contribution >= 4 is 43.1 Å². The summed E-state index contributed by atoms with van der Waals surface area (Å²) in [7, 11) is 0. The predicted molar refractivity (Wildman–Crippen MR) is 104 cm³/mol. The lowest BCUT2D eigenvalue weighted by Crippen LogP contribution is -1.77. The maximum Gasteiger partial charge on any atom is 0.124 e. The summed E-state index contributed by atoms with van der Waals surface area (Å²) in [6.07, 6.45) is 0. The number of fused-ring (bicyclic) bond motifs is 3. The van der Waals surface area contributed by atoms with Gasteiger partial charge in [0.1, 0.15) is 21.0 Å². The molecule has 0 aliphatic rings. The molecule has 2 nitrogen and oxygen atoms in total. The summed E-state index contributed by atoms with van der Waals surface area (Å²) >= 11 is 3.45. The summed E-state index contributed by atoms with van der Waals surface area (Å²) in [6, 6.07) is 25.0. The van der Waals surface area contributed by atoms with Crippen LogP contribution in [-0.4, -0.2) is 9.97 Å². The van der Waals surface area contributed by atoms with Crippen LogP contribution in [0.15, 0.2) is 72.8 Å². The van der Waals surface area contributed by atoms with Crippen molar-refractivity contribution in [1.29, 1.82) is 0 Å². The van der Waals surface area contributed by atoms with Gasteiger partial charge < -0.3 is 0 Å². The highest BCUT2D eigenvalue weighted by atomic mass is 32.1. The first kappa shape index (κ1) is 13.8. The SMILES string of the molecule is c1ccc(-c2nc3c(ccc4sc(-c5ccccc5)nc43)s2)cc1. The summed E-state index contributed by atoms with van der Waals surface area (Å²) < 4.78 is 2.37. The minimum Gasteiger partial charge on any atom is -0.234 e. The van der Waals surface area contributed by atoms with Crippen molar-refractivity contribution in [2.24, 2.45) is 0 Å². The zero-order valence-corrected chi connectivity index (χ0v) is 14.3. The number of rotatable bonds is 2. The highest BCUT2D eigenvalue weighted by molar-refractivity contribution is 7.23. The van der Waals surface area contributed by atoms with Crippen LogP contribution >= 0.6 is 22.7 Å². The van der Waals surface area contributed by atoms with Gasteiger partial charge in [0.25, 0.3) is 0 Å². The van der Waals surface area contributed by atoms with E-state index in [0.717, 1.165) is 32.2 Å². The third kappa shape index (κ3) is 2.23. The summed E-state index contributed by atoms with van der Waals surface area (Å²) in [4.78, 5) is 9.76. The van der Waals surface area contributed by atoms with Gasteiger partial charge >= 0.3 is 0 Å². The molecule has 3 aromatic carbocycles. The summed E-state index contributed by atoms with van der Waals surface area (Å²) in [5.41, 5.74) is 4.33. The summed E-state index contributed by atoms with van der Waals surface area (Å²) in [6.45, 7) is 0. The van der Waals surface area contributed by atoms with Crippen LogP contribution in [0.3, 0.4) is 0 Å². The third-order valence-electron chi connectivity index (χ3n) is 3.96. The van der Waals surface area contributed by atoms with E-state index in [0.29, 0.717) is 0 Å². The van der Waals surface area contributed by atoms with Crippen molar-refractivity contribution in [3.05, 3.63) is 72.8 Å². The van der Waals surface area contributed by atoms with Crippen LogP contribution in [0.4, 0.5) is 0 Å². The highest BCUT2D eigenvalue weighted by Crippen LogP contribution is 2.37. The zero-order chi connectivity index (χ0) is 15.9. The van der Waals surface area contributed by atoms with Crippen molar-refractivity contribution < 1.29 is 0 Å². The van der Waals surface area contributed by atoms with E-state index in [-0.39, 0.29) is 0 Å². The fraction of sp³-hybridized carbons (Fsp3) is 0. The maximum atomic E-state index is 4.88. The molecule has 0 saturated carbocycles. The molecular formula is C20H12N2S2. The van der Waals surface area contributed by atoms with Crippen molar-refractivity contribution in [1.82, 2.24) is 9.97 Å². The average Bonchev–Trinajstić information content (AvgIpc) is 3.27. The minimum atomic E-state index is 1.01. The monoisotopic (exact) mass is 344 g/mol. The Morgan fingerprint density at radius 1 is 0.500 bits per heavy atom. The molecule has 0 aliphatic heterocycles. The van der Waals surface area contributed by atoms with Gasteiger partial charge in [0.05, 0.1) is 9.40 Å². The normalized spacial score (nSPS) is 11.3. The summed E-state index contributed by atoms with van der Waals surface area (Å²) in [5, 5.41) is 2.10. The summed E-state index contributed by atoms with van der Waals surface area (Å²) in [5.74, 6) is 0. The molecule has 0 aliphatic carbocycles. The second-order valence-electron chi connectivity index (χ2n) is 5.53. The average molecular weight is 344 g/mol. The topological polar surface area (TPSA) is 25.8 Å². The van der Waals surface area contributed by atoms with Gasteiger partial charge in [0.2, 0.25) is 0 Å². The second kappa shape index (κ2) is 5.51. The van der Waals surface area contributed by atoms with Crippen LogP contribution in [0.25, 0.3) is 41.6 Å². The van der Waals surface area contributed by atoms with Gasteiger partial charge in [-0.05, 0) is 12.1 Å². The number of hydrogen-bond donors (Lipinski definition) is 0. The van der Waals surface area contributed by atoms with Crippen LogP contribution in [0.2, 0.25) is 0 Å². The first-order chi connectivity index (χ1) is 11.9. The van der Waals surface area contributed by atoms with E-state index in [2.05, 4.69) is 36.4 Å². The van der Waals surface area contributed by atoms with Crippen LogP contribution in [0.1, 0.15) is 0 Å². The lowest BCUT2D eigenvalue weighted by molar-refractivity contribution is 1.44. The van der Waals surface area contributed by atoms with E-state index in [1.54, 1.807) is 22.7 Å². The smallest absolute Gasteiger partial charge is 0.124 e. The molecule has 4 heteroatoms. The Balaban J connectivity index is 1.72. The van der Waals surface area contributed by atoms with Crippen molar-refractivity contribution in [3.8, 4) is 21.1 Å². The Kier molecular flexibility index (Phi) is 3.18. The molecule has 114 valence electrons. The Labute approximate surface area is 147 Å². The van der Waals surface area contributed by atoms with Crippen molar-refractivity contribution in [2.75, 3.05) is 0 Å². The van der Waals surface area contributed by atoms with E-state index in [1.807, 2.05) is 36.4 Å². The number of aromatic nitrogens is 2. The lowest BCUT2D eigenvalue weighted by Gasteiger charge is -1.93. The van der Waals surface area contributed by atoms with Gasteiger partial charge in [-0.2, -0.15) is 0 Å². The van der Waals surface area contributed by atoms with Crippen molar-refractivity contribution in [2.45, 2.75) is 0 Å². The van der Waals surface area contributed by atoms with Crippen LogP contribution < -0.4 is 0 Å². The van der Waals surface area contributed by atoms with Crippen LogP contribution in [0.5, 0.6) is 0 Å². The fourth-order valence-electron chi connectivity index (χ4n) is 2.79. The Morgan fingerprint density at radius 2 is 0.917 bits per heavy atom. The van der Waals surface area contributed by atoms with E-state index < -0.39 is 0 Å². The lowest BCUT2D eigenvalue weighted by atomic mass is 10.2. The molecular weight excluding hydrogens is 332 g/mol. The predicted octanol–water partition coefficient (Wildman–Crippen LogP) is 6.24. The van der Waals surface area contributed by atoms with Gasteiger partial charge in [-0.1, -0.05) is 60.7 Å². The molecule has 5 rings (SSSR count). The van der Waals surface area contributed by atoms with Gasteiger partial charge in [-0.25, -0.2) is 9.97 Å². The van der Waals surface area contributed by atoms with Crippen molar-refractivity contribution in [3.63, 3.8) is 0 Å². The Morgan fingerprint density at radius 3 is 1.33 bits per heavy atom. The third-order valence-corrected chi connectivity index (χ3v) is 6.10. The molecule has 2 heterocycles. The number of benzene rings is 3. The zero-order valence-electron chi connectivity index (χ0n) is 12.6. The maximum absolute atomic E-state index is 4.88. The molecule has 0 fully saturated rings. The number of thiazole rings is 2. The molecule has 5 aromatic rings. The first-order valence-electron chi connectivity index (χ1n) is 7.69. The quantitative estimate of drug-likeness (QED) is 0.379. The second-order valence-corrected chi connectivity index (χ2v) is 7.59. The standard InChI is InChI=1S/C20H12N2S2/c1-3-7-13(8-4-1)19-21-17-15(23-19)11-12-16-18(17)22-20(24-16)14-9-5-2-6-10-14/h1-12H. The molecule has 0 saturated heterocycles. The van der Waals surface area contributed by atoms with Gasteiger partial charge in [-0.15, -0.1) is 22.7 Å². The molecule has 24 heavy (non-hydrogen) atoms. The van der Waals surface area contributed by atoms with Crippen LogP contribution in [0, 0.1) is 0 Å². The molecule has 2 aromatic heterocycles. The van der Waals surface area contributed by atoms with Crippen LogP contribution in [-0.2, 0) is 0 Å². The molecule has 0 atom stereocenters. The molecule has 0 bridgehead atoms. The molecule has 0 amide bonds. The number of nitrogens with zero attached hydrogens (tertiary/aromatic N) is 2. The first-order valence-corrected chi connectivity index (χ1v) is 9.33. The molecule has 0 N–H and O–H groups in total. The number of hydrogen-bond acceptors (Lipinski definition) is 4. The van der Waals surface area contributed by atoms with E-state index in [9.17, 15) is 0 Å². The van der Waals surface area contributed by atoms with E-state index >= 15 is 0 Å². The Bertz CT molecular complexity index is 1050. The van der Waals surface area contributed by atoms with E-state index in [4.69, 9.17) is 9.97 Å². The fourth-order valence-corrected chi connectivity index (χ4v) is 4.74. The Hall–Kier alpha value is -2.56.